The first-order chi connectivity index (χ1) is 12.0. The molecule has 0 aliphatic heterocycles. The second-order valence-corrected chi connectivity index (χ2v) is 6.40. The zero-order chi connectivity index (χ0) is 18.4. The van der Waals surface area contributed by atoms with Gasteiger partial charge in [0.1, 0.15) is 5.82 Å². The summed E-state index contributed by atoms with van der Waals surface area (Å²) in [6.45, 7) is 9.28. The van der Waals surface area contributed by atoms with Crippen LogP contribution in [0, 0.1) is 0 Å². The van der Waals surface area contributed by atoms with Gasteiger partial charge in [-0.05, 0) is 38.8 Å². The maximum atomic E-state index is 12.9. The number of nitrogens with zero attached hydrogens (tertiary/aromatic N) is 3. The molecule has 0 N–H and O–H groups in total. The number of para-hydroxylation sites is 1. The highest BCUT2D eigenvalue weighted by molar-refractivity contribution is 5.78. The molecule has 1 aromatic carbocycles. The number of hydrogen-bond donors (Lipinski definition) is 0. The van der Waals surface area contributed by atoms with Crippen LogP contribution in [-0.2, 0) is 11.3 Å². The molecule has 1 unspecified atom stereocenters. The van der Waals surface area contributed by atoms with Crippen molar-refractivity contribution < 1.29 is 4.79 Å². The zero-order valence-electron chi connectivity index (χ0n) is 15.8. The van der Waals surface area contributed by atoms with Gasteiger partial charge in [0.25, 0.3) is 5.56 Å². The van der Waals surface area contributed by atoms with Gasteiger partial charge in [-0.25, -0.2) is 4.98 Å². The highest BCUT2D eigenvalue weighted by Crippen LogP contribution is 2.21. The molecule has 0 radical (unpaired) electrons. The number of rotatable bonds is 8. The lowest BCUT2D eigenvalue weighted by Crippen LogP contribution is -2.37. The van der Waals surface area contributed by atoms with Crippen LogP contribution in [0.25, 0.3) is 10.9 Å². The summed E-state index contributed by atoms with van der Waals surface area (Å²) in [7, 11) is 0. The molecule has 0 spiro atoms. The van der Waals surface area contributed by atoms with E-state index in [0.29, 0.717) is 36.2 Å². The van der Waals surface area contributed by atoms with Crippen LogP contribution < -0.4 is 5.56 Å². The predicted octanol–water partition coefficient (Wildman–Crippen LogP) is 3.91. The van der Waals surface area contributed by atoms with Crippen LogP contribution in [0.4, 0.5) is 0 Å². The number of aromatic nitrogens is 2. The van der Waals surface area contributed by atoms with Crippen LogP contribution in [0.3, 0.4) is 0 Å². The van der Waals surface area contributed by atoms with Crippen LogP contribution in [-0.4, -0.2) is 26.9 Å². The molecule has 1 atom stereocenters. The van der Waals surface area contributed by atoms with Gasteiger partial charge in [-0.15, -0.1) is 0 Å². The van der Waals surface area contributed by atoms with Crippen molar-refractivity contribution in [2.45, 2.75) is 66.0 Å². The molecule has 0 saturated heterocycles. The fraction of sp³-hybridized carbons (Fsp3) is 0.550. The Labute approximate surface area is 149 Å². The van der Waals surface area contributed by atoms with Gasteiger partial charge in [0.05, 0.1) is 16.9 Å². The minimum absolute atomic E-state index is 0.0219. The predicted molar refractivity (Wildman–Crippen MR) is 102 cm³/mol. The van der Waals surface area contributed by atoms with Gasteiger partial charge in [0.15, 0.2) is 0 Å². The molecular weight excluding hydrogens is 314 g/mol. The van der Waals surface area contributed by atoms with Gasteiger partial charge in [-0.3, -0.25) is 14.2 Å². The molecule has 0 saturated carbocycles. The summed E-state index contributed by atoms with van der Waals surface area (Å²) in [5.74, 6) is 0.805. The Morgan fingerprint density at radius 2 is 1.92 bits per heavy atom. The topological polar surface area (TPSA) is 55.2 Å². The third kappa shape index (κ3) is 4.09. The number of fused-ring (bicyclic) bond motifs is 1. The highest BCUT2D eigenvalue weighted by Gasteiger charge is 2.24. The van der Waals surface area contributed by atoms with Crippen LogP contribution in [0.1, 0.15) is 65.2 Å². The molecule has 2 rings (SSSR count). The van der Waals surface area contributed by atoms with Gasteiger partial charge in [0, 0.05) is 19.5 Å². The highest BCUT2D eigenvalue weighted by atomic mass is 16.2. The van der Waals surface area contributed by atoms with Crippen molar-refractivity contribution in [3.05, 3.63) is 40.4 Å². The summed E-state index contributed by atoms with van der Waals surface area (Å²) >= 11 is 0. The first kappa shape index (κ1) is 19.2. The van der Waals surface area contributed by atoms with E-state index in [9.17, 15) is 9.59 Å². The Hall–Kier alpha value is -2.17. The van der Waals surface area contributed by atoms with E-state index in [4.69, 9.17) is 4.98 Å². The van der Waals surface area contributed by atoms with E-state index in [0.717, 1.165) is 19.3 Å². The minimum Gasteiger partial charge on any atom is -0.333 e. The Morgan fingerprint density at radius 1 is 1.20 bits per heavy atom. The van der Waals surface area contributed by atoms with E-state index in [1.54, 1.807) is 4.57 Å². The van der Waals surface area contributed by atoms with E-state index in [2.05, 4.69) is 6.92 Å². The first-order valence-corrected chi connectivity index (χ1v) is 9.34. The lowest BCUT2D eigenvalue weighted by molar-refractivity contribution is -0.133. The summed E-state index contributed by atoms with van der Waals surface area (Å²) in [6.07, 6.45) is 3.26. The SMILES string of the molecule is CCCCC(=O)N(CC)C(C)c1nc2ccccc2c(=O)n1CCC. The zero-order valence-corrected chi connectivity index (χ0v) is 15.8. The van der Waals surface area contributed by atoms with Gasteiger partial charge < -0.3 is 4.90 Å². The molecule has 2 aromatic rings. The number of carbonyl (C=O) groups excluding carboxylic acids is 1. The summed E-state index contributed by atoms with van der Waals surface area (Å²) in [5, 5.41) is 0.632. The molecule has 0 fully saturated rings. The Kier molecular flexibility index (Phi) is 6.73. The Balaban J connectivity index is 2.51. The second-order valence-electron chi connectivity index (χ2n) is 6.40. The fourth-order valence-electron chi connectivity index (χ4n) is 3.22. The van der Waals surface area contributed by atoms with Crippen LogP contribution in [0.2, 0.25) is 0 Å². The molecule has 25 heavy (non-hydrogen) atoms. The molecule has 5 heteroatoms. The minimum atomic E-state index is -0.224. The molecule has 0 aliphatic carbocycles. The van der Waals surface area contributed by atoms with Gasteiger partial charge in [0.2, 0.25) is 5.91 Å². The number of benzene rings is 1. The molecule has 1 heterocycles. The van der Waals surface area contributed by atoms with Crippen LogP contribution in [0.15, 0.2) is 29.1 Å². The van der Waals surface area contributed by atoms with E-state index in [1.807, 2.05) is 49.9 Å². The summed E-state index contributed by atoms with van der Waals surface area (Å²) < 4.78 is 1.74. The number of hydrogen-bond acceptors (Lipinski definition) is 3. The summed E-state index contributed by atoms with van der Waals surface area (Å²) in [4.78, 5) is 32.1. The van der Waals surface area contributed by atoms with Crippen molar-refractivity contribution in [3.63, 3.8) is 0 Å². The van der Waals surface area contributed by atoms with Crippen molar-refractivity contribution in [1.29, 1.82) is 0 Å². The molecule has 1 aromatic heterocycles. The fourth-order valence-corrected chi connectivity index (χ4v) is 3.22. The average Bonchev–Trinajstić information content (AvgIpc) is 2.62. The maximum absolute atomic E-state index is 12.9. The molecule has 5 nitrogen and oxygen atoms in total. The molecule has 1 amide bonds. The van der Waals surface area contributed by atoms with Gasteiger partial charge >= 0.3 is 0 Å². The van der Waals surface area contributed by atoms with Crippen molar-refractivity contribution in [3.8, 4) is 0 Å². The third-order valence-corrected chi connectivity index (χ3v) is 4.58. The molecular formula is C20H29N3O2. The third-order valence-electron chi connectivity index (χ3n) is 4.58. The smallest absolute Gasteiger partial charge is 0.261 e. The lowest BCUT2D eigenvalue weighted by Gasteiger charge is -2.29. The quantitative estimate of drug-likeness (QED) is 0.730. The van der Waals surface area contributed by atoms with Crippen molar-refractivity contribution in [2.24, 2.45) is 0 Å². The Bertz CT molecular complexity index is 782. The van der Waals surface area contributed by atoms with E-state index < -0.39 is 0 Å². The number of amides is 1. The van der Waals surface area contributed by atoms with Gasteiger partial charge in [-0.2, -0.15) is 0 Å². The first-order valence-electron chi connectivity index (χ1n) is 9.34. The van der Waals surface area contributed by atoms with Crippen LogP contribution in [0.5, 0.6) is 0 Å². The van der Waals surface area contributed by atoms with E-state index in [-0.39, 0.29) is 17.5 Å². The molecule has 136 valence electrons. The summed E-state index contributed by atoms with van der Waals surface area (Å²) in [5.41, 5.74) is 0.671. The lowest BCUT2D eigenvalue weighted by atomic mass is 10.1. The molecule has 0 bridgehead atoms. The normalized spacial score (nSPS) is 12.3. The average molecular weight is 343 g/mol. The number of carbonyl (C=O) groups is 1. The Morgan fingerprint density at radius 3 is 2.56 bits per heavy atom. The number of unbranched alkanes of at least 4 members (excludes halogenated alkanes) is 1. The molecule has 0 aliphatic rings. The van der Waals surface area contributed by atoms with Gasteiger partial charge in [-0.1, -0.05) is 32.4 Å². The van der Waals surface area contributed by atoms with Crippen molar-refractivity contribution in [1.82, 2.24) is 14.5 Å². The van der Waals surface area contributed by atoms with Crippen LogP contribution >= 0.6 is 0 Å². The monoisotopic (exact) mass is 343 g/mol. The maximum Gasteiger partial charge on any atom is 0.261 e. The largest absolute Gasteiger partial charge is 0.333 e. The summed E-state index contributed by atoms with van der Waals surface area (Å²) in [6, 6.07) is 7.20. The van der Waals surface area contributed by atoms with Crippen molar-refractivity contribution in [2.75, 3.05) is 6.54 Å². The standard InChI is InChI=1S/C20H29N3O2/c1-5-8-13-18(24)22(7-3)15(4)19-21-17-12-10-9-11-16(17)20(25)23(19)14-6-2/h9-12,15H,5-8,13-14H2,1-4H3. The second kappa shape index (κ2) is 8.79. The van der Waals surface area contributed by atoms with E-state index in [1.165, 1.54) is 0 Å². The van der Waals surface area contributed by atoms with Crippen molar-refractivity contribution >= 4 is 16.8 Å². The van der Waals surface area contributed by atoms with E-state index >= 15 is 0 Å².